The Morgan fingerprint density at radius 1 is 1.16 bits per heavy atom. The molecule has 1 aromatic rings. The van der Waals surface area contributed by atoms with Crippen LogP contribution in [0.3, 0.4) is 0 Å². The Labute approximate surface area is 115 Å². The summed E-state index contributed by atoms with van der Waals surface area (Å²) >= 11 is 0. The van der Waals surface area contributed by atoms with Crippen molar-refractivity contribution in [3.63, 3.8) is 0 Å². The molecule has 1 fully saturated rings. The molecule has 0 radical (unpaired) electrons. The largest absolute Gasteiger partial charge is 0.278 e. The van der Waals surface area contributed by atoms with Crippen LogP contribution in [-0.4, -0.2) is 5.71 Å². The number of rotatable bonds is 2. The summed E-state index contributed by atoms with van der Waals surface area (Å²) in [4.78, 5) is 0. The first-order valence-electron chi connectivity index (χ1n) is 7.11. The Bertz CT molecular complexity index is 527. The summed E-state index contributed by atoms with van der Waals surface area (Å²) in [6.07, 6.45) is 7.08. The molecule has 0 saturated heterocycles. The minimum Gasteiger partial charge on any atom is -0.278 e. The van der Waals surface area contributed by atoms with Crippen LogP contribution in [-0.2, 0) is 0 Å². The van der Waals surface area contributed by atoms with Gasteiger partial charge in [-0.05, 0) is 42.4 Å². The normalized spacial score (nSPS) is 33.6. The minimum atomic E-state index is 0.189. The van der Waals surface area contributed by atoms with E-state index >= 15 is 0 Å². The topological polar surface area (TPSA) is 24.4 Å². The van der Waals surface area contributed by atoms with E-state index in [-0.39, 0.29) is 5.41 Å². The fraction of sp³-hybridized carbons (Fsp3) is 0.471. The third kappa shape index (κ3) is 1.81. The van der Waals surface area contributed by atoms with Gasteiger partial charge in [-0.25, -0.2) is 0 Å². The maximum absolute atomic E-state index is 4.68. The zero-order chi connectivity index (χ0) is 13.5. The van der Waals surface area contributed by atoms with E-state index in [9.17, 15) is 0 Å². The highest BCUT2D eigenvalue weighted by molar-refractivity contribution is 6.01. The van der Waals surface area contributed by atoms with Crippen LogP contribution in [0.1, 0.15) is 33.6 Å². The van der Waals surface area contributed by atoms with Crippen molar-refractivity contribution in [1.82, 2.24) is 0 Å². The average molecular weight is 254 g/mol. The van der Waals surface area contributed by atoms with Crippen LogP contribution >= 0.6 is 0 Å². The van der Waals surface area contributed by atoms with Crippen molar-refractivity contribution in [1.29, 1.82) is 0 Å². The highest BCUT2D eigenvalue weighted by Crippen LogP contribution is 2.59. The fourth-order valence-corrected chi connectivity index (χ4v) is 3.52. The van der Waals surface area contributed by atoms with E-state index in [1.807, 2.05) is 30.3 Å². The number of nitrogens with one attached hydrogen (secondary N) is 1. The van der Waals surface area contributed by atoms with Crippen molar-refractivity contribution < 1.29 is 0 Å². The standard InChI is InChI=1S/C17H22N2/c1-16(2)13-9-10-15(17(16,3)12-11-13)19-18-14-7-5-4-6-8-14/h4-10,13,18H,11-12H2,1-3H3/b19-15-/t13-,17+/m1/s1. The molecule has 2 bridgehead atoms. The molecule has 2 nitrogen and oxygen atoms in total. The number of allylic oxidation sites excluding steroid dienone is 2. The first-order chi connectivity index (χ1) is 9.04. The summed E-state index contributed by atoms with van der Waals surface area (Å²) in [7, 11) is 0. The van der Waals surface area contributed by atoms with Crippen molar-refractivity contribution in [2.24, 2.45) is 21.8 Å². The molecule has 19 heavy (non-hydrogen) atoms. The smallest absolute Gasteiger partial charge is 0.0668 e. The van der Waals surface area contributed by atoms with E-state index in [0.29, 0.717) is 11.3 Å². The lowest BCUT2D eigenvalue weighted by Gasteiger charge is -2.43. The van der Waals surface area contributed by atoms with E-state index in [1.54, 1.807) is 0 Å². The summed E-state index contributed by atoms with van der Waals surface area (Å²) in [6.45, 7) is 7.13. The molecule has 0 amide bonds. The zero-order valence-corrected chi connectivity index (χ0v) is 12.0. The van der Waals surface area contributed by atoms with Gasteiger partial charge < -0.3 is 0 Å². The lowest BCUT2D eigenvalue weighted by molar-refractivity contribution is 0.174. The summed E-state index contributed by atoms with van der Waals surface area (Å²) in [5, 5.41) is 4.68. The van der Waals surface area contributed by atoms with E-state index in [1.165, 1.54) is 18.6 Å². The van der Waals surface area contributed by atoms with E-state index in [4.69, 9.17) is 0 Å². The van der Waals surface area contributed by atoms with Crippen LogP contribution in [0.5, 0.6) is 0 Å². The molecule has 2 heteroatoms. The predicted octanol–water partition coefficient (Wildman–Crippen LogP) is 4.47. The second kappa shape index (κ2) is 4.22. The van der Waals surface area contributed by atoms with Gasteiger partial charge in [0, 0.05) is 5.41 Å². The monoisotopic (exact) mass is 254 g/mol. The van der Waals surface area contributed by atoms with E-state index in [0.717, 1.165) is 5.69 Å². The van der Waals surface area contributed by atoms with Gasteiger partial charge in [0.25, 0.3) is 0 Å². The molecule has 0 aromatic heterocycles. The number of hydrogen-bond acceptors (Lipinski definition) is 2. The summed E-state index contributed by atoms with van der Waals surface area (Å²) < 4.78 is 0. The highest BCUT2D eigenvalue weighted by Gasteiger charge is 2.54. The van der Waals surface area contributed by atoms with Crippen molar-refractivity contribution >= 4 is 11.4 Å². The highest BCUT2D eigenvalue weighted by atomic mass is 15.3. The molecule has 0 unspecified atom stereocenters. The zero-order valence-electron chi connectivity index (χ0n) is 12.0. The molecule has 1 aromatic carbocycles. The number of nitrogens with zero attached hydrogens (tertiary/aromatic N) is 1. The second-order valence-electron chi connectivity index (χ2n) is 6.53. The molecule has 0 heterocycles. The van der Waals surface area contributed by atoms with Crippen LogP contribution < -0.4 is 5.43 Å². The number of para-hydroxylation sites is 1. The van der Waals surface area contributed by atoms with Crippen LogP contribution in [0.4, 0.5) is 5.69 Å². The fourth-order valence-electron chi connectivity index (χ4n) is 3.52. The van der Waals surface area contributed by atoms with Gasteiger partial charge >= 0.3 is 0 Å². The second-order valence-corrected chi connectivity index (χ2v) is 6.53. The third-order valence-electron chi connectivity index (χ3n) is 5.44. The SMILES string of the molecule is CC1(C)[C@@H]2C=C/C(=N/Nc3ccccc3)[C@]1(C)CC2. The molecule has 2 aliphatic rings. The van der Waals surface area contributed by atoms with Crippen molar-refractivity contribution in [2.75, 3.05) is 5.43 Å². The molecule has 2 aliphatic carbocycles. The molecule has 2 atom stereocenters. The molecule has 3 rings (SSSR count). The van der Waals surface area contributed by atoms with Crippen molar-refractivity contribution in [2.45, 2.75) is 33.6 Å². The van der Waals surface area contributed by atoms with Gasteiger partial charge in [0.15, 0.2) is 0 Å². The number of hydrogen-bond donors (Lipinski definition) is 1. The maximum atomic E-state index is 4.68. The summed E-state index contributed by atoms with van der Waals surface area (Å²) in [5.41, 5.74) is 5.93. The van der Waals surface area contributed by atoms with Gasteiger partial charge in [-0.15, -0.1) is 0 Å². The van der Waals surface area contributed by atoms with Gasteiger partial charge in [-0.3, -0.25) is 5.43 Å². The molecular weight excluding hydrogens is 232 g/mol. The average Bonchev–Trinajstić information content (AvgIpc) is 2.55. The lowest BCUT2D eigenvalue weighted by atomic mass is 9.61. The molecule has 0 aliphatic heterocycles. The first-order valence-corrected chi connectivity index (χ1v) is 7.11. The van der Waals surface area contributed by atoms with E-state index in [2.05, 4.69) is 43.5 Å². The lowest BCUT2D eigenvalue weighted by Crippen LogP contribution is -2.42. The molecule has 100 valence electrons. The summed E-state index contributed by atoms with van der Waals surface area (Å²) in [5.74, 6) is 0.702. The molecule has 1 saturated carbocycles. The first kappa shape index (κ1) is 12.5. The van der Waals surface area contributed by atoms with Gasteiger partial charge in [-0.2, -0.15) is 5.10 Å². The van der Waals surface area contributed by atoms with Crippen LogP contribution in [0.15, 0.2) is 47.6 Å². The Hall–Kier alpha value is -1.57. The number of fused-ring (bicyclic) bond motifs is 2. The minimum absolute atomic E-state index is 0.189. The van der Waals surface area contributed by atoms with Gasteiger partial charge in [0.1, 0.15) is 0 Å². The van der Waals surface area contributed by atoms with Crippen LogP contribution in [0.25, 0.3) is 0 Å². The van der Waals surface area contributed by atoms with Crippen LogP contribution in [0, 0.1) is 16.7 Å². The number of hydrazone groups is 1. The Balaban J connectivity index is 1.89. The molecule has 0 spiro atoms. The third-order valence-corrected chi connectivity index (χ3v) is 5.44. The van der Waals surface area contributed by atoms with Crippen LogP contribution in [0.2, 0.25) is 0 Å². The molecular formula is C17H22N2. The maximum Gasteiger partial charge on any atom is 0.0668 e. The van der Waals surface area contributed by atoms with E-state index < -0.39 is 0 Å². The Kier molecular flexibility index (Phi) is 2.77. The van der Waals surface area contributed by atoms with Gasteiger partial charge in [-0.1, -0.05) is 45.0 Å². The Morgan fingerprint density at radius 2 is 1.89 bits per heavy atom. The van der Waals surface area contributed by atoms with Gasteiger partial charge in [0.2, 0.25) is 0 Å². The number of benzene rings is 1. The predicted molar refractivity (Wildman–Crippen MR) is 81.3 cm³/mol. The number of anilines is 1. The summed E-state index contributed by atoms with van der Waals surface area (Å²) in [6, 6.07) is 10.2. The van der Waals surface area contributed by atoms with Gasteiger partial charge in [0.05, 0.1) is 11.4 Å². The Morgan fingerprint density at radius 3 is 2.63 bits per heavy atom. The quantitative estimate of drug-likeness (QED) is 0.774. The van der Waals surface area contributed by atoms with Crippen molar-refractivity contribution in [3.8, 4) is 0 Å². The molecule has 1 N–H and O–H groups in total. The van der Waals surface area contributed by atoms with Crippen molar-refractivity contribution in [3.05, 3.63) is 42.5 Å².